The molecule has 1 fully saturated rings. The van der Waals surface area contributed by atoms with Crippen molar-refractivity contribution < 1.29 is 14.9 Å². The minimum Gasteiger partial charge on any atom is -0.508 e. The summed E-state index contributed by atoms with van der Waals surface area (Å²) in [5.74, 6) is 0.322. The van der Waals surface area contributed by atoms with Crippen LogP contribution in [0.3, 0.4) is 0 Å². The minimum atomic E-state index is 0.322. The Morgan fingerprint density at radius 3 is 1.64 bits per heavy atom. The molecular weight excluding hydrogens is 144 g/mol. The van der Waals surface area contributed by atoms with Gasteiger partial charge in [-0.25, -0.2) is 9.78 Å². The molecule has 0 unspecified atom stereocenters. The molecule has 1 heterocycles. The Morgan fingerprint density at radius 2 is 1.45 bits per heavy atom. The molecule has 0 saturated carbocycles. The Hall–Kier alpha value is -1.06. The Kier molecular flexibility index (Phi) is 3.44. The van der Waals surface area contributed by atoms with E-state index in [2.05, 4.69) is 9.78 Å². The molecule has 0 amide bonds. The number of hydrogen-bond acceptors (Lipinski definition) is 3. The van der Waals surface area contributed by atoms with E-state index in [4.69, 9.17) is 5.11 Å². The quantitative estimate of drug-likeness (QED) is 0.573. The monoisotopic (exact) mass is 154 g/mol. The van der Waals surface area contributed by atoms with Gasteiger partial charge in [-0.1, -0.05) is 18.2 Å². The van der Waals surface area contributed by atoms with Crippen LogP contribution in [0.25, 0.3) is 0 Å². The second-order valence-electron chi connectivity index (χ2n) is 1.98. The molecule has 1 aromatic carbocycles. The third kappa shape index (κ3) is 3.60. The van der Waals surface area contributed by atoms with Gasteiger partial charge >= 0.3 is 0 Å². The van der Waals surface area contributed by atoms with Crippen LogP contribution < -0.4 is 0 Å². The van der Waals surface area contributed by atoms with Crippen molar-refractivity contribution in [2.75, 3.05) is 13.2 Å². The predicted octanol–water partition coefficient (Wildman–Crippen LogP) is 1.34. The fourth-order valence-corrected chi connectivity index (χ4v) is 0.511. The van der Waals surface area contributed by atoms with E-state index in [-0.39, 0.29) is 0 Å². The topological polar surface area (TPSA) is 38.7 Å². The number of hydrogen-bond donors (Lipinski definition) is 1. The van der Waals surface area contributed by atoms with E-state index in [0.29, 0.717) is 5.75 Å². The number of aromatic hydroxyl groups is 1. The maximum absolute atomic E-state index is 8.63. The lowest BCUT2D eigenvalue weighted by molar-refractivity contribution is -0.382. The Balaban J connectivity index is 0.000000128. The number of phenols is 1. The maximum atomic E-state index is 8.63. The first-order valence-electron chi connectivity index (χ1n) is 3.38. The summed E-state index contributed by atoms with van der Waals surface area (Å²) >= 11 is 0. The van der Waals surface area contributed by atoms with Crippen LogP contribution in [-0.4, -0.2) is 18.3 Å². The highest BCUT2D eigenvalue weighted by Gasteiger charge is 1.95. The van der Waals surface area contributed by atoms with E-state index in [1.807, 2.05) is 6.07 Å². The van der Waals surface area contributed by atoms with Crippen LogP contribution in [0, 0.1) is 0 Å². The number of rotatable bonds is 0. The summed E-state index contributed by atoms with van der Waals surface area (Å²) < 4.78 is 0. The minimum absolute atomic E-state index is 0.322. The van der Waals surface area contributed by atoms with E-state index < -0.39 is 0 Å². The van der Waals surface area contributed by atoms with Crippen molar-refractivity contribution in [1.29, 1.82) is 0 Å². The van der Waals surface area contributed by atoms with Crippen LogP contribution >= 0.6 is 0 Å². The lowest BCUT2D eigenvalue weighted by atomic mass is 10.3. The van der Waals surface area contributed by atoms with Crippen LogP contribution in [0.5, 0.6) is 5.75 Å². The molecule has 2 rings (SSSR count). The summed E-state index contributed by atoms with van der Waals surface area (Å²) in [7, 11) is 0. The predicted molar refractivity (Wildman–Crippen MR) is 40.0 cm³/mol. The molecular formula is C8H10O3. The Bertz CT molecular complexity index is 178. The SMILES string of the molecule is C1COO1.Oc1ccccc1. The van der Waals surface area contributed by atoms with Gasteiger partial charge in [0.25, 0.3) is 0 Å². The van der Waals surface area contributed by atoms with Gasteiger partial charge in [0.15, 0.2) is 0 Å². The molecule has 0 radical (unpaired) electrons. The van der Waals surface area contributed by atoms with E-state index in [9.17, 15) is 0 Å². The molecule has 0 atom stereocenters. The maximum Gasteiger partial charge on any atom is 0.115 e. The second kappa shape index (κ2) is 4.71. The lowest BCUT2D eigenvalue weighted by Gasteiger charge is -2.08. The summed E-state index contributed by atoms with van der Waals surface area (Å²) in [6.45, 7) is 1.56. The van der Waals surface area contributed by atoms with Gasteiger partial charge in [-0.05, 0) is 12.1 Å². The number of phenolic OH excluding ortho intramolecular Hbond substituents is 1. The smallest absolute Gasteiger partial charge is 0.115 e. The van der Waals surface area contributed by atoms with E-state index in [0.717, 1.165) is 13.2 Å². The molecule has 60 valence electrons. The number of benzene rings is 1. The van der Waals surface area contributed by atoms with Crippen molar-refractivity contribution in [2.24, 2.45) is 0 Å². The van der Waals surface area contributed by atoms with Crippen molar-refractivity contribution in [3.05, 3.63) is 30.3 Å². The average molecular weight is 154 g/mol. The summed E-state index contributed by atoms with van der Waals surface area (Å²) in [6.07, 6.45) is 0. The van der Waals surface area contributed by atoms with E-state index in [1.165, 1.54) is 0 Å². The van der Waals surface area contributed by atoms with Gasteiger partial charge in [-0.3, -0.25) is 0 Å². The highest BCUT2D eigenvalue weighted by molar-refractivity contribution is 5.18. The van der Waals surface area contributed by atoms with Gasteiger partial charge in [-0.2, -0.15) is 0 Å². The van der Waals surface area contributed by atoms with Crippen LogP contribution in [0.15, 0.2) is 30.3 Å². The van der Waals surface area contributed by atoms with Gasteiger partial charge in [-0.15, -0.1) is 0 Å². The van der Waals surface area contributed by atoms with Crippen LogP contribution in [0.4, 0.5) is 0 Å². The highest BCUT2D eigenvalue weighted by atomic mass is 17.2. The first-order valence-corrected chi connectivity index (χ1v) is 3.38. The third-order valence-corrected chi connectivity index (χ3v) is 1.09. The lowest BCUT2D eigenvalue weighted by Crippen LogP contribution is -2.14. The van der Waals surface area contributed by atoms with Crippen molar-refractivity contribution in [3.63, 3.8) is 0 Å². The second-order valence-corrected chi connectivity index (χ2v) is 1.98. The van der Waals surface area contributed by atoms with Crippen molar-refractivity contribution >= 4 is 0 Å². The van der Waals surface area contributed by atoms with E-state index in [1.54, 1.807) is 24.3 Å². The summed E-state index contributed by atoms with van der Waals surface area (Å²) in [5, 5.41) is 8.63. The van der Waals surface area contributed by atoms with Crippen molar-refractivity contribution in [1.82, 2.24) is 0 Å². The van der Waals surface area contributed by atoms with Gasteiger partial charge in [0.2, 0.25) is 0 Å². The molecule has 3 heteroatoms. The van der Waals surface area contributed by atoms with Crippen LogP contribution in [-0.2, 0) is 9.78 Å². The molecule has 0 aliphatic carbocycles. The fraction of sp³-hybridized carbons (Fsp3) is 0.250. The summed E-state index contributed by atoms with van der Waals surface area (Å²) in [4.78, 5) is 8.44. The van der Waals surface area contributed by atoms with Crippen LogP contribution in [0.1, 0.15) is 0 Å². The molecule has 1 saturated heterocycles. The van der Waals surface area contributed by atoms with E-state index >= 15 is 0 Å². The molecule has 1 aliphatic rings. The van der Waals surface area contributed by atoms with Crippen molar-refractivity contribution in [2.45, 2.75) is 0 Å². The molecule has 1 aromatic rings. The summed E-state index contributed by atoms with van der Waals surface area (Å²) in [5.41, 5.74) is 0. The molecule has 0 spiro atoms. The molecule has 0 aromatic heterocycles. The first kappa shape index (κ1) is 8.04. The normalized spacial score (nSPS) is 14.2. The molecule has 11 heavy (non-hydrogen) atoms. The zero-order valence-electron chi connectivity index (χ0n) is 6.06. The first-order chi connectivity index (χ1) is 5.39. The molecule has 1 aliphatic heterocycles. The standard InChI is InChI=1S/C6H6O.C2H4O2/c7-6-4-2-1-3-5-6;1-2-4-3-1/h1-5,7H;1-2H2. The van der Waals surface area contributed by atoms with Crippen LogP contribution in [0.2, 0.25) is 0 Å². The van der Waals surface area contributed by atoms with Gasteiger partial charge in [0, 0.05) is 0 Å². The molecule has 0 bridgehead atoms. The van der Waals surface area contributed by atoms with Gasteiger partial charge in [0.05, 0.1) is 0 Å². The van der Waals surface area contributed by atoms with Crippen molar-refractivity contribution in [3.8, 4) is 5.75 Å². The summed E-state index contributed by atoms with van der Waals surface area (Å²) in [6, 6.07) is 8.71. The molecule has 1 N–H and O–H groups in total. The fourth-order valence-electron chi connectivity index (χ4n) is 0.511. The van der Waals surface area contributed by atoms with Gasteiger partial charge < -0.3 is 5.11 Å². The van der Waals surface area contributed by atoms with Gasteiger partial charge in [0.1, 0.15) is 19.0 Å². The zero-order valence-corrected chi connectivity index (χ0v) is 6.06. The highest BCUT2D eigenvalue weighted by Crippen LogP contribution is 2.02. The molecule has 3 nitrogen and oxygen atoms in total. The third-order valence-electron chi connectivity index (χ3n) is 1.09. The largest absolute Gasteiger partial charge is 0.508 e. The number of para-hydroxylation sites is 1. The zero-order chi connectivity index (χ0) is 7.94. The average Bonchev–Trinajstić information content (AvgIpc) is 1.85. The Morgan fingerprint density at radius 1 is 1.00 bits per heavy atom. The Labute approximate surface area is 65.1 Å².